The van der Waals surface area contributed by atoms with Crippen molar-refractivity contribution in [2.24, 2.45) is 0 Å². The minimum atomic E-state index is -0.371. The van der Waals surface area contributed by atoms with Crippen molar-refractivity contribution in [3.63, 3.8) is 0 Å². The second kappa shape index (κ2) is 11.3. The number of anilines is 2. The molecule has 0 spiro atoms. The molecule has 2 amide bonds. The van der Waals surface area contributed by atoms with Gasteiger partial charge in [0.1, 0.15) is 5.75 Å². The standard InChI is InChI=1S/C33H26N2O3/c1-38-31-21-20-25(32(36)34-29-18-10-8-16-26(29)23-12-4-2-5-13-23)22-28(31)33(37)35-30-19-11-9-17-27(30)24-14-6-3-7-15-24/h2-22H,1H3,(H,34,36)(H,35,37). The van der Waals surface area contributed by atoms with Crippen LogP contribution in [0.3, 0.4) is 0 Å². The summed E-state index contributed by atoms with van der Waals surface area (Å²) in [5, 5.41) is 5.99. The zero-order chi connectivity index (χ0) is 26.3. The van der Waals surface area contributed by atoms with Crippen molar-refractivity contribution in [1.82, 2.24) is 0 Å². The normalized spacial score (nSPS) is 10.4. The molecule has 5 aromatic carbocycles. The van der Waals surface area contributed by atoms with Crippen LogP contribution in [0, 0.1) is 0 Å². The van der Waals surface area contributed by atoms with Gasteiger partial charge >= 0.3 is 0 Å². The zero-order valence-electron chi connectivity index (χ0n) is 20.8. The summed E-state index contributed by atoms with van der Waals surface area (Å²) >= 11 is 0. The van der Waals surface area contributed by atoms with Crippen LogP contribution >= 0.6 is 0 Å². The molecular weight excluding hydrogens is 472 g/mol. The van der Waals surface area contributed by atoms with Gasteiger partial charge in [-0.1, -0.05) is 97.1 Å². The number of rotatable bonds is 7. The van der Waals surface area contributed by atoms with E-state index in [-0.39, 0.29) is 17.4 Å². The molecule has 186 valence electrons. The maximum Gasteiger partial charge on any atom is 0.259 e. The third-order valence-corrected chi connectivity index (χ3v) is 6.23. The van der Waals surface area contributed by atoms with E-state index in [0.717, 1.165) is 22.3 Å². The lowest BCUT2D eigenvalue weighted by atomic mass is 10.0. The first-order valence-electron chi connectivity index (χ1n) is 12.2. The van der Waals surface area contributed by atoms with Crippen molar-refractivity contribution in [3.8, 4) is 28.0 Å². The van der Waals surface area contributed by atoms with Crippen molar-refractivity contribution >= 4 is 23.2 Å². The number of carbonyl (C=O) groups is 2. The summed E-state index contributed by atoms with van der Waals surface area (Å²) < 4.78 is 5.46. The fourth-order valence-electron chi connectivity index (χ4n) is 4.33. The van der Waals surface area contributed by atoms with E-state index < -0.39 is 0 Å². The predicted molar refractivity (Wildman–Crippen MR) is 153 cm³/mol. The summed E-state index contributed by atoms with van der Waals surface area (Å²) in [4.78, 5) is 26.7. The second-order valence-corrected chi connectivity index (χ2v) is 8.65. The maximum atomic E-state index is 13.4. The number of hydrogen-bond donors (Lipinski definition) is 2. The van der Waals surface area contributed by atoms with Crippen LogP contribution in [-0.4, -0.2) is 18.9 Å². The lowest BCUT2D eigenvalue weighted by Gasteiger charge is -2.15. The number of ether oxygens (including phenoxy) is 1. The Labute approximate surface area is 221 Å². The van der Waals surface area contributed by atoms with Crippen LogP contribution in [0.5, 0.6) is 5.75 Å². The van der Waals surface area contributed by atoms with Crippen LogP contribution < -0.4 is 15.4 Å². The lowest BCUT2D eigenvalue weighted by Crippen LogP contribution is -2.17. The van der Waals surface area contributed by atoms with Gasteiger partial charge in [-0.2, -0.15) is 0 Å². The van der Waals surface area contributed by atoms with E-state index >= 15 is 0 Å². The Hall–Kier alpha value is -5.16. The predicted octanol–water partition coefficient (Wildman–Crippen LogP) is 7.53. The van der Waals surface area contributed by atoms with E-state index in [9.17, 15) is 9.59 Å². The van der Waals surface area contributed by atoms with Gasteiger partial charge in [0.25, 0.3) is 11.8 Å². The first-order valence-corrected chi connectivity index (χ1v) is 12.2. The Morgan fingerprint density at radius 1 is 0.553 bits per heavy atom. The van der Waals surface area contributed by atoms with Crippen molar-refractivity contribution < 1.29 is 14.3 Å². The molecular formula is C33H26N2O3. The van der Waals surface area contributed by atoms with Crippen LogP contribution in [-0.2, 0) is 0 Å². The summed E-state index contributed by atoms with van der Waals surface area (Å²) in [6, 6.07) is 39.8. The summed E-state index contributed by atoms with van der Waals surface area (Å²) in [5.74, 6) is -0.319. The number of amides is 2. The molecule has 0 atom stereocenters. The number of carbonyl (C=O) groups excluding carboxylic acids is 2. The first-order chi connectivity index (χ1) is 18.6. The lowest BCUT2D eigenvalue weighted by molar-refractivity contribution is 0.102. The van der Waals surface area contributed by atoms with Crippen molar-refractivity contribution in [1.29, 1.82) is 0 Å². The third kappa shape index (κ3) is 5.32. The molecule has 5 nitrogen and oxygen atoms in total. The highest BCUT2D eigenvalue weighted by molar-refractivity contribution is 6.11. The van der Waals surface area contributed by atoms with Gasteiger partial charge in [-0.25, -0.2) is 0 Å². The van der Waals surface area contributed by atoms with E-state index in [1.165, 1.54) is 7.11 Å². The minimum Gasteiger partial charge on any atom is -0.496 e. The molecule has 0 saturated heterocycles. The molecule has 5 rings (SSSR count). The smallest absolute Gasteiger partial charge is 0.259 e. The van der Waals surface area contributed by atoms with Gasteiger partial charge in [0, 0.05) is 28.1 Å². The summed E-state index contributed by atoms with van der Waals surface area (Å²) in [6.45, 7) is 0. The summed E-state index contributed by atoms with van der Waals surface area (Å²) in [5.41, 5.74) is 5.74. The fraction of sp³-hybridized carbons (Fsp3) is 0.0303. The average molecular weight is 499 g/mol. The average Bonchev–Trinajstić information content (AvgIpc) is 2.98. The third-order valence-electron chi connectivity index (χ3n) is 6.23. The molecule has 0 fully saturated rings. The van der Waals surface area contributed by atoms with Crippen LogP contribution in [0.4, 0.5) is 11.4 Å². The topological polar surface area (TPSA) is 67.4 Å². The fourth-order valence-corrected chi connectivity index (χ4v) is 4.33. The number of benzene rings is 5. The van der Waals surface area contributed by atoms with Gasteiger partial charge in [-0.3, -0.25) is 9.59 Å². The molecule has 2 N–H and O–H groups in total. The molecule has 0 saturated carbocycles. The molecule has 0 aliphatic rings. The van der Waals surface area contributed by atoms with Gasteiger partial charge in [0.15, 0.2) is 0 Å². The maximum absolute atomic E-state index is 13.4. The van der Waals surface area contributed by atoms with Gasteiger partial charge in [-0.15, -0.1) is 0 Å². The Balaban J connectivity index is 1.42. The highest BCUT2D eigenvalue weighted by atomic mass is 16.5. The van der Waals surface area contributed by atoms with Crippen LogP contribution in [0.2, 0.25) is 0 Å². The van der Waals surface area contributed by atoms with Gasteiger partial charge in [0.05, 0.1) is 12.7 Å². The first kappa shape index (κ1) is 24.5. The molecule has 0 aromatic heterocycles. The molecule has 5 heteroatoms. The quantitative estimate of drug-likeness (QED) is 0.244. The van der Waals surface area contributed by atoms with E-state index in [0.29, 0.717) is 22.7 Å². The van der Waals surface area contributed by atoms with Gasteiger partial charge in [0.2, 0.25) is 0 Å². The highest BCUT2D eigenvalue weighted by Gasteiger charge is 2.18. The minimum absolute atomic E-state index is 0.263. The van der Waals surface area contributed by atoms with Crippen molar-refractivity contribution in [2.75, 3.05) is 17.7 Å². The van der Waals surface area contributed by atoms with E-state index in [1.807, 2.05) is 109 Å². The highest BCUT2D eigenvalue weighted by Crippen LogP contribution is 2.30. The Kier molecular flexibility index (Phi) is 7.27. The Morgan fingerprint density at radius 2 is 1.03 bits per heavy atom. The SMILES string of the molecule is COc1ccc(C(=O)Nc2ccccc2-c2ccccc2)cc1C(=O)Nc1ccccc1-c1ccccc1. The number of nitrogens with one attached hydrogen (secondary N) is 2. The van der Waals surface area contributed by atoms with E-state index in [4.69, 9.17) is 4.74 Å². The monoisotopic (exact) mass is 498 g/mol. The van der Waals surface area contributed by atoms with Crippen LogP contribution in [0.25, 0.3) is 22.3 Å². The summed E-state index contributed by atoms with van der Waals surface area (Å²) in [7, 11) is 1.50. The zero-order valence-corrected chi connectivity index (χ0v) is 20.8. The van der Waals surface area contributed by atoms with Gasteiger partial charge in [-0.05, 0) is 41.5 Å². The molecule has 0 radical (unpaired) electrons. The number of para-hydroxylation sites is 2. The summed E-state index contributed by atoms with van der Waals surface area (Å²) in [6.07, 6.45) is 0. The molecule has 0 aliphatic heterocycles. The molecule has 0 heterocycles. The largest absolute Gasteiger partial charge is 0.496 e. The number of methoxy groups -OCH3 is 1. The van der Waals surface area contributed by atoms with Gasteiger partial charge < -0.3 is 15.4 Å². The molecule has 0 unspecified atom stereocenters. The van der Waals surface area contributed by atoms with E-state index in [1.54, 1.807) is 18.2 Å². The molecule has 5 aromatic rings. The van der Waals surface area contributed by atoms with Crippen LogP contribution in [0.15, 0.2) is 127 Å². The van der Waals surface area contributed by atoms with Crippen molar-refractivity contribution in [2.45, 2.75) is 0 Å². The van der Waals surface area contributed by atoms with Crippen LogP contribution in [0.1, 0.15) is 20.7 Å². The molecule has 0 aliphatic carbocycles. The molecule has 38 heavy (non-hydrogen) atoms. The number of hydrogen-bond acceptors (Lipinski definition) is 3. The Bertz CT molecular complexity index is 1580. The Morgan fingerprint density at radius 3 is 1.55 bits per heavy atom. The van der Waals surface area contributed by atoms with Crippen molar-refractivity contribution in [3.05, 3.63) is 139 Å². The second-order valence-electron chi connectivity index (χ2n) is 8.65. The van der Waals surface area contributed by atoms with E-state index in [2.05, 4.69) is 10.6 Å². The molecule has 0 bridgehead atoms.